The van der Waals surface area contributed by atoms with Gasteiger partial charge in [0.2, 0.25) is 0 Å². The van der Waals surface area contributed by atoms with Gasteiger partial charge in [0.15, 0.2) is 0 Å². The Bertz CT molecular complexity index is 2120. The minimum atomic E-state index is -4.23. The van der Waals surface area contributed by atoms with E-state index in [1.807, 2.05) is 72.2 Å². The number of nitrogens with zero attached hydrogens (tertiary/aromatic N) is 2. The Kier molecular flexibility index (Phi) is 11.8. The number of rotatable bonds is 14. The minimum absolute atomic E-state index is 0.166. The molecule has 52 heavy (non-hydrogen) atoms. The predicted octanol–water partition coefficient (Wildman–Crippen LogP) is 6.50. The Hall–Kier alpha value is -5.34. The molecule has 0 aliphatic carbocycles. The molecule has 5 N–H and O–H groups in total. The molecule has 5 aromatic rings. The molecule has 11 nitrogen and oxygen atoms in total. The van der Waals surface area contributed by atoms with Crippen molar-refractivity contribution < 1.29 is 28.3 Å². The zero-order valence-electron chi connectivity index (χ0n) is 28.2. The van der Waals surface area contributed by atoms with Gasteiger partial charge in [0.1, 0.15) is 0 Å². The number of carboxylic acid groups (broad SMARTS) is 1. The molecule has 1 saturated heterocycles. The molecule has 0 radical (unpaired) electrons. The van der Waals surface area contributed by atoms with E-state index in [0.717, 1.165) is 65.7 Å². The summed E-state index contributed by atoms with van der Waals surface area (Å²) < 4.78 is 28.4. The molecule has 0 saturated carbocycles. The number of benzene rings is 5. The average molecular weight is 738 g/mol. The molecule has 5 aromatic carbocycles. The minimum Gasteiger partial charge on any atom is -0.478 e. The summed E-state index contributed by atoms with van der Waals surface area (Å²) in [5, 5.41) is 22.3. The van der Waals surface area contributed by atoms with Gasteiger partial charge in [-0.2, -0.15) is 0 Å². The maximum atomic E-state index is 13.1. The molecule has 268 valence electrons. The third-order valence-electron chi connectivity index (χ3n) is 8.78. The SMILES string of the molecule is O=C(O)c1cccc(-c2ccccc2CN2CCN(c3ccc(C(=O)NS(=O)(=O)c4ccc(NCCSc5ccccc5)c(NO)c4)cc3)CC2)c1. The molecule has 1 heterocycles. The second-order valence-corrected chi connectivity index (χ2v) is 15.0. The molecule has 1 fully saturated rings. The van der Waals surface area contributed by atoms with Crippen LogP contribution in [-0.2, 0) is 16.6 Å². The van der Waals surface area contributed by atoms with Gasteiger partial charge in [-0.15, -0.1) is 11.8 Å². The van der Waals surface area contributed by atoms with Gasteiger partial charge >= 0.3 is 5.97 Å². The van der Waals surface area contributed by atoms with Crippen molar-refractivity contribution in [1.82, 2.24) is 9.62 Å². The van der Waals surface area contributed by atoms with Crippen LogP contribution in [0.25, 0.3) is 11.1 Å². The van der Waals surface area contributed by atoms with Crippen LogP contribution in [0.15, 0.2) is 131 Å². The summed E-state index contributed by atoms with van der Waals surface area (Å²) in [5.41, 5.74) is 7.10. The number of thioether (sulfide) groups is 1. The van der Waals surface area contributed by atoms with E-state index < -0.39 is 21.9 Å². The fourth-order valence-corrected chi connectivity index (χ4v) is 7.83. The second-order valence-electron chi connectivity index (χ2n) is 12.2. The van der Waals surface area contributed by atoms with Crippen molar-refractivity contribution in [2.75, 3.05) is 54.2 Å². The number of hydrogen-bond donors (Lipinski definition) is 5. The molecule has 0 unspecified atom stereocenters. The number of sulfonamides is 1. The predicted molar refractivity (Wildman–Crippen MR) is 205 cm³/mol. The summed E-state index contributed by atoms with van der Waals surface area (Å²) in [7, 11) is -4.23. The Morgan fingerprint density at radius 1 is 0.750 bits per heavy atom. The molecule has 0 bridgehead atoms. The standard InChI is InChI=1S/C39H39N5O6S2/c45-38(42-52(49,50)34-17-18-36(37(26-34)41-48)40-19-24-51-33-10-2-1-3-11-33)28-13-15-32(16-14-28)44-22-20-43(21-23-44)27-31-7-4-5-12-35(31)29-8-6-9-30(25-29)39(46)47/h1-18,25-26,40-41,48H,19-24,27H2,(H,42,45)(H,46,47). The van der Waals surface area contributed by atoms with Crippen molar-refractivity contribution in [3.05, 3.63) is 138 Å². The number of aromatic carboxylic acids is 1. The highest BCUT2D eigenvalue weighted by Crippen LogP contribution is 2.28. The van der Waals surface area contributed by atoms with Gasteiger partial charge in [0.05, 0.1) is 21.8 Å². The number of amides is 1. The molecule has 0 atom stereocenters. The normalized spacial score (nSPS) is 13.4. The molecule has 1 aliphatic heterocycles. The molecule has 0 spiro atoms. The highest BCUT2D eigenvalue weighted by atomic mass is 32.2. The summed E-state index contributed by atoms with van der Waals surface area (Å²) >= 11 is 1.67. The number of nitrogens with one attached hydrogen (secondary N) is 3. The van der Waals surface area contributed by atoms with Gasteiger partial charge in [-0.1, -0.05) is 54.6 Å². The molecular formula is C39H39N5O6S2. The first-order chi connectivity index (χ1) is 25.2. The first-order valence-corrected chi connectivity index (χ1v) is 19.2. The quantitative estimate of drug-likeness (QED) is 0.0483. The summed E-state index contributed by atoms with van der Waals surface area (Å²) in [6.45, 7) is 4.41. The maximum Gasteiger partial charge on any atom is 0.335 e. The Morgan fingerprint density at radius 2 is 1.48 bits per heavy atom. The lowest BCUT2D eigenvalue weighted by molar-refractivity contribution is 0.0696. The van der Waals surface area contributed by atoms with E-state index in [4.69, 9.17) is 0 Å². The number of carbonyl (C=O) groups excluding carboxylic acids is 1. The van der Waals surface area contributed by atoms with Crippen LogP contribution in [0.2, 0.25) is 0 Å². The van der Waals surface area contributed by atoms with Crippen LogP contribution in [0.4, 0.5) is 17.1 Å². The molecule has 6 rings (SSSR count). The van der Waals surface area contributed by atoms with E-state index in [2.05, 4.69) is 25.9 Å². The smallest absolute Gasteiger partial charge is 0.335 e. The second kappa shape index (κ2) is 16.8. The summed E-state index contributed by atoms with van der Waals surface area (Å²) in [5.74, 6) is -0.963. The zero-order chi connectivity index (χ0) is 36.5. The topological polar surface area (TPSA) is 151 Å². The highest BCUT2D eigenvalue weighted by Gasteiger charge is 2.22. The molecule has 1 aliphatic rings. The number of carboxylic acids is 1. The first kappa shape index (κ1) is 36.5. The average Bonchev–Trinajstić information content (AvgIpc) is 3.17. The lowest BCUT2D eigenvalue weighted by Gasteiger charge is -2.36. The monoisotopic (exact) mass is 737 g/mol. The van der Waals surface area contributed by atoms with Gasteiger partial charge in [0, 0.05) is 61.2 Å². The third kappa shape index (κ3) is 9.11. The Labute approximate surface area is 307 Å². The fraction of sp³-hybridized carbons (Fsp3) is 0.179. The largest absolute Gasteiger partial charge is 0.478 e. The molecular weight excluding hydrogens is 699 g/mol. The van der Waals surface area contributed by atoms with Crippen LogP contribution in [0.5, 0.6) is 0 Å². The van der Waals surface area contributed by atoms with Crippen LogP contribution >= 0.6 is 11.8 Å². The van der Waals surface area contributed by atoms with E-state index in [0.29, 0.717) is 12.2 Å². The Balaban J connectivity index is 1.01. The van der Waals surface area contributed by atoms with E-state index in [-0.39, 0.29) is 21.7 Å². The number of piperazine rings is 1. The van der Waals surface area contributed by atoms with Crippen molar-refractivity contribution in [2.24, 2.45) is 0 Å². The van der Waals surface area contributed by atoms with Crippen LogP contribution < -0.4 is 20.4 Å². The van der Waals surface area contributed by atoms with Gasteiger partial charge in [0.25, 0.3) is 15.9 Å². The number of anilines is 3. The van der Waals surface area contributed by atoms with E-state index in [1.54, 1.807) is 42.1 Å². The lowest BCUT2D eigenvalue weighted by Crippen LogP contribution is -2.46. The van der Waals surface area contributed by atoms with E-state index in [9.17, 15) is 28.3 Å². The highest BCUT2D eigenvalue weighted by molar-refractivity contribution is 7.99. The van der Waals surface area contributed by atoms with Crippen molar-refractivity contribution in [1.29, 1.82) is 0 Å². The lowest BCUT2D eigenvalue weighted by atomic mass is 9.97. The van der Waals surface area contributed by atoms with E-state index >= 15 is 0 Å². The zero-order valence-corrected chi connectivity index (χ0v) is 29.9. The Morgan fingerprint density at radius 3 is 2.21 bits per heavy atom. The van der Waals surface area contributed by atoms with Gasteiger partial charge in [-0.05, 0) is 83.4 Å². The van der Waals surface area contributed by atoms with Crippen molar-refractivity contribution in [3.8, 4) is 11.1 Å². The maximum absolute atomic E-state index is 13.1. The van der Waals surface area contributed by atoms with Gasteiger partial charge < -0.3 is 15.3 Å². The van der Waals surface area contributed by atoms with Gasteiger partial charge in [-0.25, -0.2) is 17.9 Å². The van der Waals surface area contributed by atoms with E-state index in [1.165, 1.54) is 18.2 Å². The molecule has 1 amide bonds. The first-order valence-electron chi connectivity index (χ1n) is 16.7. The van der Waals surface area contributed by atoms with Crippen molar-refractivity contribution in [2.45, 2.75) is 16.3 Å². The van der Waals surface area contributed by atoms with Crippen molar-refractivity contribution >= 4 is 50.7 Å². The summed E-state index contributed by atoms with van der Waals surface area (Å²) in [6.07, 6.45) is 0. The van der Waals surface area contributed by atoms with Crippen LogP contribution in [-0.4, -0.2) is 74.0 Å². The summed E-state index contributed by atoms with van der Waals surface area (Å²) in [6, 6.07) is 36.0. The third-order valence-corrected chi connectivity index (χ3v) is 11.1. The summed E-state index contributed by atoms with van der Waals surface area (Å²) in [4.78, 5) is 30.1. The van der Waals surface area contributed by atoms with Crippen LogP contribution in [0.1, 0.15) is 26.3 Å². The van der Waals surface area contributed by atoms with Crippen LogP contribution in [0, 0.1) is 0 Å². The number of hydrogen-bond acceptors (Lipinski definition) is 10. The fourth-order valence-electron chi connectivity index (χ4n) is 6.04. The van der Waals surface area contributed by atoms with Gasteiger partial charge in [-0.3, -0.25) is 20.4 Å². The number of carbonyl (C=O) groups is 2. The van der Waals surface area contributed by atoms with Crippen LogP contribution in [0.3, 0.4) is 0 Å². The van der Waals surface area contributed by atoms with Crippen molar-refractivity contribution in [3.63, 3.8) is 0 Å². The molecule has 13 heteroatoms. The molecule has 0 aromatic heterocycles.